The van der Waals surface area contributed by atoms with E-state index < -0.39 is 47.7 Å². The van der Waals surface area contributed by atoms with Crippen molar-refractivity contribution in [2.45, 2.75) is 39.7 Å². The minimum Gasteiger partial charge on any atom is -0.482 e. The number of aryl methyl sites for hydroxylation is 1. The lowest BCUT2D eigenvalue weighted by atomic mass is 10.0. The van der Waals surface area contributed by atoms with Crippen LogP contribution < -0.4 is 10.1 Å². The zero-order valence-electron chi connectivity index (χ0n) is 16.5. The largest absolute Gasteiger partial charge is 0.482 e. The van der Waals surface area contributed by atoms with Crippen LogP contribution in [-0.4, -0.2) is 24.6 Å². The number of hydrogen-bond acceptors (Lipinski definition) is 4. The van der Waals surface area contributed by atoms with Crippen LogP contribution in [0, 0.1) is 24.4 Å². The first-order chi connectivity index (χ1) is 13.6. The summed E-state index contributed by atoms with van der Waals surface area (Å²) in [4.78, 5) is 24.1. The number of esters is 1. The smallest absolute Gasteiger partial charge is 0.344 e. The molecule has 1 N–H and O–H groups in total. The van der Waals surface area contributed by atoms with Gasteiger partial charge in [-0.1, -0.05) is 26.0 Å². The highest BCUT2D eigenvalue weighted by atomic mass is 19.2. The van der Waals surface area contributed by atoms with E-state index in [-0.39, 0.29) is 5.92 Å². The number of rotatable bonds is 7. The van der Waals surface area contributed by atoms with Gasteiger partial charge in [-0.3, -0.25) is 4.79 Å². The molecule has 1 atom stereocenters. The van der Waals surface area contributed by atoms with E-state index >= 15 is 0 Å². The molecule has 2 rings (SSSR count). The molecule has 1 unspecified atom stereocenters. The summed E-state index contributed by atoms with van der Waals surface area (Å²) >= 11 is 0. The summed E-state index contributed by atoms with van der Waals surface area (Å²) in [7, 11) is 0. The van der Waals surface area contributed by atoms with E-state index in [1.807, 2.05) is 32.9 Å². The molecule has 0 spiro atoms. The van der Waals surface area contributed by atoms with Crippen molar-refractivity contribution < 1.29 is 32.2 Å². The van der Waals surface area contributed by atoms with Crippen LogP contribution in [-0.2, 0) is 14.3 Å². The molecule has 0 saturated carbocycles. The van der Waals surface area contributed by atoms with Crippen molar-refractivity contribution >= 4 is 17.6 Å². The van der Waals surface area contributed by atoms with E-state index in [4.69, 9.17) is 9.47 Å². The fraction of sp³-hybridized carbons (Fsp3) is 0.333. The number of anilines is 1. The average molecular weight is 409 g/mol. The lowest BCUT2D eigenvalue weighted by molar-refractivity contribution is -0.155. The Labute approximate surface area is 166 Å². The van der Waals surface area contributed by atoms with Gasteiger partial charge in [0.25, 0.3) is 5.91 Å². The Morgan fingerprint density at radius 2 is 1.72 bits per heavy atom. The Bertz CT molecular complexity index is 915. The molecule has 0 aromatic heterocycles. The molecule has 1 amide bonds. The molecule has 0 saturated heterocycles. The predicted molar refractivity (Wildman–Crippen MR) is 101 cm³/mol. The third kappa shape index (κ3) is 5.73. The van der Waals surface area contributed by atoms with E-state index in [9.17, 15) is 22.8 Å². The Hall–Kier alpha value is -3.03. The summed E-state index contributed by atoms with van der Waals surface area (Å²) < 4.78 is 50.3. The molecule has 156 valence electrons. The van der Waals surface area contributed by atoms with Gasteiger partial charge in [-0.05, 0) is 49.1 Å². The average Bonchev–Trinajstić information content (AvgIpc) is 2.66. The highest BCUT2D eigenvalue weighted by molar-refractivity contribution is 5.95. The molecule has 0 bridgehead atoms. The second-order valence-electron chi connectivity index (χ2n) is 6.83. The summed E-state index contributed by atoms with van der Waals surface area (Å²) in [5, 5.41) is 2.05. The summed E-state index contributed by atoms with van der Waals surface area (Å²) in [6, 6.07) is 7.18. The fourth-order valence-corrected chi connectivity index (χ4v) is 2.52. The van der Waals surface area contributed by atoms with Crippen LogP contribution in [0.15, 0.2) is 30.3 Å². The van der Waals surface area contributed by atoms with Crippen molar-refractivity contribution in [3.05, 3.63) is 58.9 Å². The molecule has 0 aliphatic heterocycles. The summed E-state index contributed by atoms with van der Waals surface area (Å²) in [5.74, 6) is -5.62. The van der Waals surface area contributed by atoms with Crippen LogP contribution in [0.2, 0.25) is 0 Å². The molecular formula is C21H22F3NO4. The lowest BCUT2D eigenvalue weighted by Crippen LogP contribution is -2.32. The number of carbonyl (C=O) groups excluding carboxylic acids is 2. The highest BCUT2D eigenvalue weighted by Crippen LogP contribution is 2.27. The molecule has 0 radical (unpaired) electrons. The van der Waals surface area contributed by atoms with Gasteiger partial charge in [-0.25, -0.2) is 18.0 Å². The van der Waals surface area contributed by atoms with Gasteiger partial charge >= 0.3 is 5.97 Å². The number of hydrogen-bond donors (Lipinski definition) is 1. The molecule has 5 nitrogen and oxygen atoms in total. The molecule has 8 heteroatoms. The van der Waals surface area contributed by atoms with Gasteiger partial charge < -0.3 is 14.8 Å². The maximum absolute atomic E-state index is 13.6. The van der Waals surface area contributed by atoms with Gasteiger partial charge in [0, 0.05) is 0 Å². The van der Waals surface area contributed by atoms with Gasteiger partial charge in [-0.2, -0.15) is 0 Å². The predicted octanol–water partition coefficient (Wildman–Crippen LogP) is 4.48. The number of amides is 1. The lowest BCUT2D eigenvalue weighted by Gasteiger charge is -2.16. The van der Waals surface area contributed by atoms with Crippen LogP contribution in [0.5, 0.6) is 5.75 Å². The molecule has 0 aliphatic rings. The van der Waals surface area contributed by atoms with Crippen LogP contribution in [0.1, 0.15) is 37.8 Å². The number of benzene rings is 2. The Morgan fingerprint density at radius 1 is 1.03 bits per heavy atom. The second-order valence-corrected chi connectivity index (χ2v) is 6.83. The Balaban J connectivity index is 1.95. The summed E-state index contributed by atoms with van der Waals surface area (Å²) in [6.07, 6.45) is -1.30. The summed E-state index contributed by atoms with van der Waals surface area (Å²) in [5.41, 5.74) is 1.32. The number of ether oxygens (including phenoxy) is 2. The van der Waals surface area contributed by atoms with Gasteiger partial charge in [0.05, 0.1) is 5.69 Å². The normalized spacial score (nSPS) is 11.9. The van der Waals surface area contributed by atoms with Crippen LogP contribution >= 0.6 is 0 Å². The third-order valence-corrected chi connectivity index (χ3v) is 4.11. The molecule has 0 heterocycles. The van der Waals surface area contributed by atoms with Crippen molar-refractivity contribution in [3.8, 4) is 5.75 Å². The van der Waals surface area contributed by atoms with Crippen molar-refractivity contribution in [1.82, 2.24) is 0 Å². The monoisotopic (exact) mass is 409 g/mol. The molecular weight excluding hydrogens is 387 g/mol. The minimum absolute atomic E-state index is 0.178. The maximum atomic E-state index is 13.6. The molecule has 29 heavy (non-hydrogen) atoms. The van der Waals surface area contributed by atoms with Gasteiger partial charge in [0.2, 0.25) is 0 Å². The zero-order chi connectivity index (χ0) is 21.7. The van der Waals surface area contributed by atoms with Crippen LogP contribution in [0.3, 0.4) is 0 Å². The quantitative estimate of drug-likeness (QED) is 0.541. The van der Waals surface area contributed by atoms with Gasteiger partial charge in [0.1, 0.15) is 5.75 Å². The Morgan fingerprint density at radius 3 is 2.38 bits per heavy atom. The zero-order valence-corrected chi connectivity index (χ0v) is 16.5. The van der Waals surface area contributed by atoms with Crippen molar-refractivity contribution in [3.63, 3.8) is 0 Å². The number of carbonyl (C=O) groups is 2. The number of halogens is 3. The molecule has 0 fully saturated rings. The maximum Gasteiger partial charge on any atom is 0.344 e. The first-order valence-electron chi connectivity index (χ1n) is 8.97. The van der Waals surface area contributed by atoms with Crippen molar-refractivity contribution in [1.29, 1.82) is 0 Å². The van der Waals surface area contributed by atoms with E-state index in [0.717, 1.165) is 17.2 Å². The highest BCUT2D eigenvalue weighted by Gasteiger charge is 2.22. The second kappa shape index (κ2) is 9.45. The van der Waals surface area contributed by atoms with Crippen LogP contribution in [0.25, 0.3) is 0 Å². The van der Waals surface area contributed by atoms with E-state index in [1.165, 1.54) is 6.92 Å². The standard InChI is InChI=1S/C21H22F3NO4/c1-11(2)14-6-5-12(3)9-17(14)28-10-18(26)29-13(4)21(27)25-16-8-7-15(22)19(23)20(16)24/h5-9,11,13H,10H2,1-4H3,(H,25,27). The van der Waals surface area contributed by atoms with Crippen molar-refractivity contribution in [2.75, 3.05) is 11.9 Å². The third-order valence-electron chi connectivity index (χ3n) is 4.11. The first kappa shape index (κ1) is 22.3. The minimum atomic E-state index is -1.71. The van der Waals surface area contributed by atoms with E-state index in [1.54, 1.807) is 6.07 Å². The first-order valence-corrected chi connectivity index (χ1v) is 8.97. The Kier molecular flexibility index (Phi) is 7.25. The van der Waals surface area contributed by atoms with Gasteiger partial charge in [0.15, 0.2) is 30.2 Å². The fourth-order valence-electron chi connectivity index (χ4n) is 2.52. The molecule has 2 aromatic rings. The van der Waals surface area contributed by atoms with Crippen molar-refractivity contribution in [2.24, 2.45) is 0 Å². The van der Waals surface area contributed by atoms with E-state index in [0.29, 0.717) is 11.8 Å². The number of nitrogens with one attached hydrogen (secondary N) is 1. The van der Waals surface area contributed by atoms with Crippen LogP contribution in [0.4, 0.5) is 18.9 Å². The molecule has 2 aromatic carbocycles. The topological polar surface area (TPSA) is 64.6 Å². The molecule has 0 aliphatic carbocycles. The SMILES string of the molecule is Cc1ccc(C(C)C)c(OCC(=O)OC(C)C(=O)Nc2ccc(F)c(F)c2F)c1. The van der Waals surface area contributed by atoms with Gasteiger partial charge in [-0.15, -0.1) is 0 Å². The van der Waals surface area contributed by atoms with E-state index in [2.05, 4.69) is 5.32 Å². The summed E-state index contributed by atoms with van der Waals surface area (Å²) in [6.45, 7) is 6.69.